The standard InChI is InChI=1S/C19H22N2O2/c1-13(2)17-12-23-19-15-9-6-10-20(15)16(18(22)21(17)19)11-14-7-4-3-5-8-14/h3-10,13,16-17,19H,11-12H2,1-2H3/t16-,17+,19?/m0/s1. The summed E-state index contributed by atoms with van der Waals surface area (Å²) in [6.07, 6.45) is 2.50. The first-order valence-electron chi connectivity index (χ1n) is 8.31. The summed E-state index contributed by atoms with van der Waals surface area (Å²) in [6.45, 7) is 4.93. The molecule has 2 aromatic rings. The molecule has 1 aromatic carbocycles. The molecule has 1 saturated heterocycles. The molecule has 1 unspecified atom stereocenters. The average Bonchev–Trinajstić information content (AvgIpc) is 3.18. The van der Waals surface area contributed by atoms with Gasteiger partial charge in [0.2, 0.25) is 5.91 Å². The largest absolute Gasteiger partial charge is 0.350 e. The van der Waals surface area contributed by atoms with E-state index in [1.54, 1.807) is 0 Å². The van der Waals surface area contributed by atoms with E-state index in [0.29, 0.717) is 12.5 Å². The van der Waals surface area contributed by atoms with Crippen LogP contribution >= 0.6 is 0 Å². The Morgan fingerprint density at radius 2 is 1.96 bits per heavy atom. The third-order valence-corrected chi connectivity index (χ3v) is 5.02. The van der Waals surface area contributed by atoms with E-state index in [2.05, 4.69) is 36.6 Å². The van der Waals surface area contributed by atoms with Gasteiger partial charge in [0.15, 0.2) is 6.23 Å². The van der Waals surface area contributed by atoms with Crippen LogP contribution in [-0.4, -0.2) is 28.0 Å². The molecule has 1 aromatic heterocycles. The Bertz CT molecular complexity index is 707. The molecule has 23 heavy (non-hydrogen) atoms. The van der Waals surface area contributed by atoms with Crippen LogP contribution in [0.15, 0.2) is 48.7 Å². The summed E-state index contributed by atoms with van der Waals surface area (Å²) in [6, 6.07) is 14.3. The number of fused-ring (bicyclic) bond motifs is 3. The van der Waals surface area contributed by atoms with Crippen LogP contribution in [0, 0.1) is 5.92 Å². The maximum absolute atomic E-state index is 13.2. The highest BCUT2D eigenvalue weighted by molar-refractivity contribution is 5.83. The number of rotatable bonds is 3. The molecule has 3 atom stereocenters. The molecule has 2 aliphatic rings. The minimum atomic E-state index is -0.225. The van der Waals surface area contributed by atoms with Crippen LogP contribution in [0.4, 0.5) is 0 Å². The Morgan fingerprint density at radius 1 is 1.17 bits per heavy atom. The fourth-order valence-corrected chi connectivity index (χ4v) is 3.76. The van der Waals surface area contributed by atoms with Crippen LogP contribution in [-0.2, 0) is 16.0 Å². The number of carbonyl (C=O) groups excluding carboxylic acids is 1. The molecule has 0 aliphatic carbocycles. The molecule has 1 amide bonds. The Hall–Kier alpha value is -2.07. The predicted molar refractivity (Wildman–Crippen MR) is 87.8 cm³/mol. The first-order valence-corrected chi connectivity index (χ1v) is 8.31. The number of benzene rings is 1. The van der Waals surface area contributed by atoms with Gasteiger partial charge >= 0.3 is 0 Å². The fourth-order valence-electron chi connectivity index (χ4n) is 3.76. The van der Waals surface area contributed by atoms with E-state index < -0.39 is 0 Å². The zero-order valence-corrected chi connectivity index (χ0v) is 13.6. The Kier molecular flexibility index (Phi) is 3.49. The van der Waals surface area contributed by atoms with Gasteiger partial charge in [0.25, 0.3) is 0 Å². The molecule has 3 heterocycles. The van der Waals surface area contributed by atoms with E-state index >= 15 is 0 Å². The van der Waals surface area contributed by atoms with Crippen LogP contribution in [0.3, 0.4) is 0 Å². The Morgan fingerprint density at radius 3 is 2.70 bits per heavy atom. The van der Waals surface area contributed by atoms with Gasteiger partial charge in [-0.3, -0.25) is 4.79 Å². The van der Waals surface area contributed by atoms with Crippen LogP contribution in [0.2, 0.25) is 0 Å². The monoisotopic (exact) mass is 310 g/mol. The van der Waals surface area contributed by atoms with Crippen molar-refractivity contribution in [2.24, 2.45) is 5.92 Å². The van der Waals surface area contributed by atoms with E-state index in [1.165, 1.54) is 5.56 Å². The molecular formula is C19H22N2O2. The maximum atomic E-state index is 13.2. The lowest BCUT2D eigenvalue weighted by molar-refractivity contribution is -0.146. The van der Waals surface area contributed by atoms with Gasteiger partial charge in [0.05, 0.1) is 18.3 Å². The number of hydrogen-bond donors (Lipinski definition) is 0. The van der Waals surface area contributed by atoms with E-state index in [0.717, 1.165) is 12.1 Å². The number of nitrogens with zero attached hydrogens (tertiary/aromatic N) is 2. The molecule has 4 nitrogen and oxygen atoms in total. The molecule has 0 N–H and O–H groups in total. The summed E-state index contributed by atoms with van der Waals surface area (Å²) in [4.78, 5) is 15.2. The van der Waals surface area contributed by atoms with Crippen LogP contribution in [0.1, 0.15) is 37.4 Å². The van der Waals surface area contributed by atoms with E-state index in [-0.39, 0.29) is 24.2 Å². The number of carbonyl (C=O) groups is 1. The quantitative estimate of drug-likeness (QED) is 0.873. The molecular weight excluding hydrogens is 288 g/mol. The summed E-state index contributed by atoms with van der Waals surface area (Å²) in [5.74, 6) is 0.571. The van der Waals surface area contributed by atoms with Gasteiger partial charge in [-0.15, -0.1) is 0 Å². The molecule has 120 valence electrons. The lowest BCUT2D eigenvalue weighted by Crippen LogP contribution is -2.49. The third kappa shape index (κ3) is 2.29. The Labute approximate surface area is 136 Å². The maximum Gasteiger partial charge on any atom is 0.248 e. The minimum Gasteiger partial charge on any atom is -0.350 e. The first kappa shape index (κ1) is 14.5. The molecule has 0 bridgehead atoms. The van der Waals surface area contributed by atoms with E-state index in [1.807, 2.05) is 35.4 Å². The van der Waals surface area contributed by atoms with Gasteiger partial charge in [0.1, 0.15) is 6.04 Å². The van der Waals surface area contributed by atoms with E-state index in [9.17, 15) is 4.79 Å². The highest BCUT2D eigenvalue weighted by atomic mass is 16.5. The van der Waals surface area contributed by atoms with Crippen LogP contribution in [0.5, 0.6) is 0 Å². The van der Waals surface area contributed by atoms with Crippen molar-refractivity contribution >= 4 is 5.91 Å². The minimum absolute atomic E-state index is 0.162. The Balaban J connectivity index is 1.72. The lowest BCUT2D eigenvalue weighted by atomic mass is 9.98. The second-order valence-electron chi connectivity index (χ2n) is 6.79. The second-order valence-corrected chi connectivity index (χ2v) is 6.79. The molecule has 4 rings (SSSR count). The summed E-state index contributed by atoms with van der Waals surface area (Å²) < 4.78 is 8.07. The topological polar surface area (TPSA) is 34.5 Å². The predicted octanol–water partition coefficient (Wildman–Crippen LogP) is 3.17. The van der Waals surface area contributed by atoms with Crippen molar-refractivity contribution in [2.45, 2.75) is 38.6 Å². The number of amides is 1. The van der Waals surface area contributed by atoms with Crippen molar-refractivity contribution in [3.05, 3.63) is 59.9 Å². The number of ether oxygens (including phenoxy) is 1. The zero-order chi connectivity index (χ0) is 16.0. The van der Waals surface area contributed by atoms with Gasteiger partial charge in [-0.05, 0) is 23.6 Å². The number of aromatic nitrogens is 1. The van der Waals surface area contributed by atoms with Gasteiger partial charge in [-0.1, -0.05) is 44.2 Å². The first-order chi connectivity index (χ1) is 11.2. The fraction of sp³-hybridized carbons (Fsp3) is 0.421. The molecule has 1 fully saturated rings. The molecule has 2 aliphatic heterocycles. The molecule has 0 radical (unpaired) electrons. The van der Waals surface area contributed by atoms with Gasteiger partial charge in [-0.2, -0.15) is 0 Å². The zero-order valence-electron chi connectivity index (χ0n) is 13.6. The summed E-state index contributed by atoms with van der Waals surface area (Å²) in [5.41, 5.74) is 2.28. The van der Waals surface area contributed by atoms with Gasteiger partial charge in [-0.25, -0.2) is 0 Å². The van der Waals surface area contributed by atoms with Crippen molar-refractivity contribution in [2.75, 3.05) is 6.61 Å². The highest BCUT2D eigenvalue weighted by Gasteiger charge is 2.47. The van der Waals surface area contributed by atoms with E-state index in [4.69, 9.17) is 4.74 Å². The van der Waals surface area contributed by atoms with Crippen molar-refractivity contribution in [1.82, 2.24) is 9.47 Å². The molecule has 0 saturated carbocycles. The normalized spacial score (nSPS) is 26.5. The van der Waals surface area contributed by atoms with Crippen molar-refractivity contribution in [1.29, 1.82) is 0 Å². The van der Waals surface area contributed by atoms with Crippen LogP contribution < -0.4 is 0 Å². The van der Waals surface area contributed by atoms with Crippen LogP contribution in [0.25, 0.3) is 0 Å². The number of hydrogen-bond acceptors (Lipinski definition) is 2. The highest BCUT2D eigenvalue weighted by Crippen LogP contribution is 2.41. The van der Waals surface area contributed by atoms with Crippen molar-refractivity contribution in [3.8, 4) is 0 Å². The summed E-state index contributed by atoms with van der Waals surface area (Å²) in [5, 5.41) is 0. The lowest BCUT2D eigenvalue weighted by Gasteiger charge is -2.39. The SMILES string of the molecule is CC(C)[C@H]1COC2c3cccn3[C@@H](Cc3ccccc3)C(=O)N21. The second kappa shape index (κ2) is 5.53. The summed E-state index contributed by atoms with van der Waals surface area (Å²) >= 11 is 0. The molecule has 0 spiro atoms. The van der Waals surface area contributed by atoms with Crippen molar-refractivity contribution in [3.63, 3.8) is 0 Å². The van der Waals surface area contributed by atoms with Gasteiger partial charge < -0.3 is 14.2 Å². The smallest absolute Gasteiger partial charge is 0.248 e. The van der Waals surface area contributed by atoms with Crippen molar-refractivity contribution < 1.29 is 9.53 Å². The third-order valence-electron chi connectivity index (χ3n) is 5.02. The average molecular weight is 310 g/mol. The molecule has 4 heteroatoms. The van der Waals surface area contributed by atoms with Gasteiger partial charge in [0, 0.05) is 12.6 Å². The summed E-state index contributed by atoms with van der Waals surface area (Å²) in [7, 11) is 0.